The van der Waals surface area contributed by atoms with E-state index in [1.165, 1.54) is 23.7 Å². The maximum Gasteiger partial charge on any atom is 0.168 e. The minimum absolute atomic E-state index is 0.0546. The van der Waals surface area contributed by atoms with Gasteiger partial charge < -0.3 is 14.7 Å². The second kappa shape index (κ2) is 12.7. The van der Waals surface area contributed by atoms with Crippen LogP contribution in [0.15, 0.2) is 46.3 Å². The number of Topliss-reactive ketones (excluding diaryl/α,β-unsaturated/α-hetero) is 1. The molecule has 0 aromatic heterocycles. The van der Waals surface area contributed by atoms with Crippen LogP contribution in [0, 0.1) is 11.7 Å². The number of allylic oxidation sites excluding steroid dienone is 2. The Balaban J connectivity index is 2.13. The summed E-state index contributed by atoms with van der Waals surface area (Å²) in [6.07, 6.45) is 4.65. The monoisotopic (exact) mass is 471 g/mol. The van der Waals surface area contributed by atoms with Crippen LogP contribution in [-0.2, 0) is 9.63 Å². The fraction of sp³-hybridized carbons (Fsp3) is 0.478. The van der Waals surface area contributed by atoms with Gasteiger partial charge in [0.15, 0.2) is 11.9 Å². The molecule has 2 rings (SSSR count). The van der Waals surface area contributed by atoms with Gasteiger partial charge in [-0.2, -0.15) is 0 Å². The van der Waals surface area contributed by atoms with Crippen LogP contribution in [0.4, 0.5) is 4.39 Å². The average molecular weight is 472 g/mol. The summed E-state index contributed by atoms with van der Waals surface area (Å²) in [4.78, 5) is 18.3. The van der Waals surface area contributed by atoms with Gasteiger partial charge in [-0.25, -0.2) is 4.39 Å². The zero-order valence-corrected chi connectivity index (χ0v) is 19.3. The van der Waals surface area contributed by atoms with Crippen molar-refractivity contribution in [3.05, 3.63) is 52.0 Å². The smallest absolute Gasteiger partial charge is 0.168 e. The van der Waals surface area contributed by atoms with Crippen LogP contribution in [0.1, 0.15) is 52.4 Å². The number of carbonyl (C=O) groups is 1. The quantitative estimate of drug-likeness (QED) is 0.286. The number of aliphatic hydroxyl groups excluding tert-OH is 1. The van der Waals surface area contributed by atoms with Crippen LogP contribution in [0.5, 0.6) is 5.75 Å². The van der Waals surface area contributed by atoms with Crippen molar-refractivity contribution in [2.45, 2.75) is 58.5 Å². The Labute approximate surface area is 192 Å². The summed E-state index contributed by atoms with van der Waals surface area (Å²) in [5.41, 5.74) is 2.00. The van der Waals surface area contributed by atoms with Crippen molar-refractivity contribution >= 4 is 34.7 Å². The molecule has 2 unspecified atom stereocenters. The number of oxime groups is 1. The van der Waals surface area contributed by atoms with Gasteiger partial charge in [0.05, 0.1) is 11.3 Å². The van der Waals surface area contributed by atoms with Gasteiger partial charge in [-0.15, -0.1) is 0 Å². The van der Waals surface area contributed by atoms with E-state index in [-0.39, 0.29) is 40.4 Å². The van der Waals surface area contributed by atoms with Gasteiger partial charge in [-0.3, -0.25) is 4.79 Å². The average Bonchev–Trinajstić information content (AvgIpc) is 2.70. The van der Waals surface area contributed by atoms with Gasteiger partial charge in [-0.1, -0.05) is 54.7 Å². The Morgan fingerprint density at radius 3 is 2.74 bits per heavy atom. The van der Waals surface area contributed by atoms with Crippen molar-refractivity contribution in [1.29, 1.82) is 0 Å². The van der Waals surface area contributed by atoms with Gasteiger partial charge >= 0.3 is 0 Å². The third-order valence-corrected chi connectivity index (χ3v) is 5.31. The highest BCUT2D eigenvalue weighted by Crippen LogP contribution is 2.30. The molecule has 8 heteroatoms. The van der Waals surface area contributed by atoms with Gasteiger partial charge in [-0.05, 0) is 30.9 Å². The summed E-state index contributed by atoms with van der Waals surface area (Å²) >= 11 is 11.5. The standard InChI is InChI=1S/C23H28Cl2FNO4/c1-3-6-15-9-21(28)23(22(29)10-15)20(4-2)27-31-18(7-5-8-24)14-30-19-12-16(25)11-17(26)13-19/h5,8,11-13,15,18,28H,3-4,6-7,9-10,14H2,1-2H3. The molecule has 0 saturated heterocycles. The van der Waals surface area contributed by atoms with Crippen LogP contribution < -0.4 is 4.74 Å². The molecule has 0 amide bonds. The fourth-order valence-electron chi connectivity index (χ4n) is 3.48. The molecular weight excluding hydrogens is 444 g/mol. The van der Waals surface area contributed by atoms with E-state index in [2.05, 4.69) is 12.1 Å². The number of aliphatic hydroxyl groups is 1. The molecule has 1 aliphatic carbocycles. The number of rotatable bonds is 11. The molecule has 0 spiro atoms. The summed E-state index contributed by atoms with van der Waals surface area (Å²) in [5, 5.41) is 14.9. The molecule has 0 radical (unpaired) electrons. The molecule has 31 heavy (non-hydrogen) atoms. The molecule has 2 atom stereocenters. The van der Waals surface area contributed by atoms with E-state index >= 15 is 0 Å². The summed E-state index contributed by atoms with van der Waals surface area (Å²) in [6, 6.07) is 3.90. The van der Waals surface area contributed by atoms with Gasteiger partial charge in [0.25, 0.3) is 0 Å². The van der Waals surface area contributed by atoms with Crippen molar-refractivity contribution in [1.82, 2.24) is 0 Å². The van der Waals surface area contributed by atoms with Gasteiger partial charge in [0, 0.05) is 35.9 Å². The Hall–Kier alpha value is -2.05. The normalized spacial score (nSPS) is 18.5. The van der Waals surface area contributed by atoms with E-state index in [9.17, 15) is 14.3 Å². The second-order valence-electron chi connectivity index (χ2n) is 7.44. The maximum absolute atomic E-state index is 13.5. The molecule has 0 heterocycles. The molecular formula is C23H28Cl2FNO4. The Morgan fingerprint density at radius 1 is 1.35 bits per heavy atom. The molecule has 170 valence electrons. The van der Waals surface area contributed by atoms with Crippen molar-refractivity contribution in [2.75, 3.05) is 6.61 Å². The van der Waals surface area contributed by atoms with Crippen LogP contribution in [0.2, 0.25) is 5.02 Å². The van der Waals surface area contributed by atoms with E-state index in [1.54, 1.807) is 6.08 Å². The van der Waals surface area contributed by atoms with E-state index in [4.69, 9.17) is 32.8 Å². The largest absolute Gasteiger partial charge is 0.511 e. The molecule has 1 aromatic carbocycles. The third kappa shape index (κ3) is 7.86. The lowest BCUT2D eigenvalue weighted by Gasteiger charge is -2.23. The highest BCUT2D eigenvalue weighted by atomic mass is 35.5. The first kappa shape index (κ1) is 25.2. The number of ether oxygens (including phenoxy) is 1. The highest BCUT2D eigenvalue weighted by molar-refractivity contribution is 6.30. The number of ketones is 1. The molecule has 0 bridgehead atoms. The number of halogens is 3. The Bertz CT molecular complexity index is 834. The predicted molar refractivity (Wildman–Crippen MR) is 121 cm³/mol. The third-order valence-electron chi connectivity index (χ3n) is 4.92. The zero-order chi connectivity index (χ0) is 22.8. The van der Waals surface area contributed by atoms with Crippen LogP contribution >= 0.6 is 23.2 Å². The van der Waals surface area contributed by atoms with Gasteiger partial charge in [0.2, 0.25) is 0 Å². The Morgan fingerprint density at radius 2 is 2.13 bits per heavy atom. The minimum Gasteiger partial charge on any atom is -0.511 e. The van der Waals surface area contributed by atoms with E-state index < -0.39 is 11.9 Å². The Kier molecular flexibility index (Phi) is 10.3. The highest BCUT2D eigenvalue weighted by Gasteiger charge is 2.30. The first-order chi connectivity index (χ1) is 14.9. The summed E-state index contributed by atoms with van der Waals surface area (Å²) in [6.45, 7) is 3.95. The van der Waals surface area contributed by atoms with E-state index in [0.717, 1.165) is 12.8 Å². The molecule has 5 nitrogen and oxygen atoms in total. The summed E-state index contributed by atoms with van der Waals surface area (Å²) in [7, 11) is 0. The zero-order valence-electron chi connectivity index (χ0n) is 17.7. The number of nitrogens with zero attached hydrogens (tertiary/aromatic N) is 1. The van der Waals surface area contributed by atoms with E-state index in [0.29, 0.717) is 31.4 Å². The topological polar surface area (TPSA) is 68.1 Å². The molecule has 1 aliphatic rings. The first-order valence-corrected chi connectivity index (χ1v) is 11.2. The number of hydrogen-bond donors (Lipinski definition) is 1. The summed E-state index contributed by atoms with van der Waals surface area (Å²) < 4.78 is 19.1. The van der Waals surface area contributed by atoms with Crippen LogP contribution in [0.3, 0.4) is 0 Å². The lowest BCUT2D eigenvalue weighted by Crippen LogP contribution is -2.25. The summed E-state index contributed by atoms with van der Waals surface area (Å²) in [5.74, 6) is -0.131. The number of hydrogen-bond acceptors (Lipinski definition) is 5. The molecule has 1 N–H and O–H groups in total. The van der Waals surface area contributed by atoms with Crippen molar-refractivity contribution in [2.24, 2.45) is 11.1 Å². The van der Waals surface area contributed by atoms with Crippen LogP contribution in [-0.4, -0.2) is 29.3 Å². The predicted octanol–water partition coefficient (Wildman–Crippen LogP) is 6.74. The molecule has 0 saturated carbocycles. The van der Waals surface area contributed by atoms with Crippen LogP contribution in [0.25, 0.3) is 0 Å². The lowest BCUT2D eigenvalue weighted by molar-refractivity contribution is -0.116. The number of carbonyl (C=O) groups excluding carboxylic acids is 1. The first-order valence-electron chi connectivity index (χ1n) is 10.4. The fourth-order valence-corrected chi connectivity index (χ4v) is 3.80. The van der Waals surface area contributed by atoms with Crippen molar-refractivity contribution in [3.63, 3.8) is 0 Å². The van der Waals surface area contributed by atoms with Gasteiger partial charge in [0.1, 0.15) is 23.9 Å². The molecule has 1 aromatic rings. The van der Waals surface area contributed by atoms with Crippen molar-refractivity contribution < 1.29 is 23.9 Å². The number of benzene rings is 1. The minimum atomic E-state index is -0.548. The molecule has 0 aliphatic heterocycles. The van der Waals surface area contributed by atoms with E-state index in [1.807, 2.05) is 6.92 Å². The SMILES string of the molecule is CCCC1CC(=O)C(C(CC)=NOC(CC=CCl)COc2cc(F)cc(Cl)c2)=C(O)C1. The maximum atomic E-state index is 13.5. The lowest BCUT2D eigenvalue weighted by atomic mass is 9.82. The molecule has 0 fully saturated rings. The second-order valence-corrected chi connectivity index (χ2v) is 8.13. The van der Waals surface area contributed by atoms with Crippen molar-refractivity contribution in [3.8, 4) is 5.75 Å².